The summed E-state index contributed by atoms with van der Waals surface area (Å²) >= 11 is 0. The highest BCUT2D eigenvalue weighted by Gasteiger charge is 2.26. The Morgan fingerprint density at radius 2 is 2.03 bits per heavy atom. The Balaban J connectivity index is 0.00000300. The molecule has 1 unspecified atom stereocenters. The number of halogens is 1. The smallest absolute Gasteiger partial charge is 0.193 e. The van der Waals surface area contributed by atoms with Crippen LogP contribution in [-0.2, 0) is 4.74 Å². The zero-order valence-electron chi connectivity index (χ0n) is 17.6. The minimum Gasteiger partial charge on any atom is -0.497 e. The van der Waals surface area contributed by atoms with Crippen molar-refractivity contribution in [3.63, 3.8) is 0 Å². The molecule has 0 saturated carbocycles. The molecule has 2 aliphatic rings. The number of hydrogen-bond donors (Lipinski definition) is 1. The number of rotatable bonds is 8. The molecule has 0 bridgehead atoms. The molecular formula is C21H35IN4O3. The van der Waals surface area contributed by atoms with Gasteiger partial charge in [0.15, 0.2) is 5.96 Å². The van der Waals surface area contributed by atoms with Gasteiger partial charge in [0.2, 0.25) is 0 Å². The summed E-state index contributed by atoms with van der Waals surface area (Å²) in [7, 11) is 3.53. The molecule has 1 aromatic rings. The first-order chi connectivity index (χ1) is 13.8. The van der Waals surface area contributed by atoms with E-state index in [1.54, 1.807) is 7.11 Å². The molecule has 2 heterocycles. The minimum atomic E-state index is 0. The van der Waals surface area contributed by atoms with Crippen LogP contribution in [0.4, 0.5) is 0 Å². The molecule has 0 radical (unpaired) electrons. The van der Waals surface area contributed by atoms with Crippen molar-refractivity contribution in [2.75, 3.05) is 73.2 Å². The van der Waals surface area contributed by atoms with Gasteiger partial charge in [-0.1, -0.05) is 6.07 Å². The van der Waals surface area contributed by atoms with E-state index in [4.69, 9.17) is 14.2 Å². The molecule has 0 aromatic heterocycles. The van der Waals surface area contributed by atoms with E-state index in [-0.39, 0.29) is 24.0 Å². The van der Waals surface area contributed by atoms with E-state index in [0.717, 1.165) is 69.8 Å². The summed E-state index contributed by atoms with van der Waals surface area (Å²) in [5.74, 6) is 3.38. The molecule has 8 heteroatoms. The summed E-state index contributed by atoms with van der Waals surface area (Å²) in [5, 5.41) is 3.48. The third-order valence-corrected chi connectivity index (χ3v) is 5.33. The van der Waals surface area contributed by atoms with Crippen molar-refractivity contribution in [3.05, 3.63) is 24.3 Å². The molecule has 1 aromatic carbocycles. The first-order valence-corrected chi connectivity index (χ1v) is 10.3. The second kappa shape index (κ2) is 13.1. The summed E-state index contributed by atoms with van der Waals surface area (Å²) < 4.78 is 16.5. The van der Waals surface area contributed by atoms with Gasteiger partial charge >= 0.3 is 0 Å². The fourth-order valence-electron chi connectivity index (χ4n) is 3.81. The van der Waals surface area contributed by atoms with Crippen molar-refractivity contribution in [1.82, 2.24) is 15.1 Å². The summed E-state index contributed by atoms with van der Waals surface area (Å²) in [4.78, 5) is 9.38. The van der Waals surface area contributed by atoms with Crippen LogP contribution in [0.5, 0.6) is 11.5 Å². The van der Waals surface area contributed by atoms with Gasteiger partial charge < -0.3 is 24.4 Å². The van der Waals surface area contributed by atoms with Gasteiger partial charge in [-0.2, -0.15) is 0 Å². The predicted octanol–water partition coefficient (Wildman–Crippen LogP) is 2.31. The monoisotopic (exact) mass is 518 g/mol. The first kappa shape index (κ1) is 24.0. The van der Waals surface area contributed by atoms with E-state index < -0.39 is 0 Å². The Morgan fingerprint density at radius 1 is 1.24 bits per heavy atom. The molecule has 3 rings (SSSR count). The fraction of sp³-hybridized carbons (Fsp3) is 0.667. The number of nitrogens with zero attached hydrogens (tertiary/aromatic N) is 3. The van der Waals surface area contributed by atoms with Gasteiger partial charge in [0.05, 0.1) is 26.9 Å². The predicted molar refractivity (Wildman–Crippen MR) is 127 cm³/mol. The number of benzene rings is 1. The summed E-state index contributed by atoms with van der Waals surface area (Å²) in [6, 6.07) is 7.72. The maximum absolute atomic E-state index is 5.80. The molecule has 2 aliphatic heterocycles. The number of nitrogens with one attached hydrogen (secondary N) is 1. The maximum atomic E-state index is 5.80. The highest BCUT2D eigenvalue weighted by Crippen LogP contribution is 2.19. The van der Waals surface area contributed by atoms with E-state index in [1.807, 2.05) is 31.3 Å². The van der Waals surface area contributed by atoms with Crippen LogP contribution in [0.2, 0.25) is 0 Å². The van der Waals surface area contributed by atoms with Gasteiger partial charge in [0, 0.05) is 52.4 Å². The van der Waals surface area contributed by atoms with Crippen LogP contribution in [0.1, 0.15) is 12.8 Å². The number of morpholine rings is 1. The minimum absolute atomic E-state index is 0. The van der Waals surface area contributed by atoms with E-state index in [0.29, 0.717) is 12.5 Å². The number of hydrogen-bond acceptors (Lipinski definition) is 5. The Kier molecular flexibility index (Phi) is 10.9. The zero-order chi connectivity index (χ0) is 19.6. The summed E-state index contributed by atoms with van der Waals surface area (Å²) in [5.41, 5.74) is 0. The van der Waals surface area contributed by atoms with Crippen LogP contribution < -0.4 is 14.8 Å². The van der Waals surface area contributed by atoms with E-state index >= 15 is 0 Å². The first-order valence-electron chi connectivity index (χ1n) is 10.3. The van der Waals surface area contributed by atoms with E-state index in [1.165, 1.54) is 13.0 Å². The molecule has 0 amide bonds. The molecule has 0 aliphatic carbocycles. The lowest BCUT2D eigenvalue weighted by atomic mass is 10.1. The molecular weight excluding hydrogens is 483 g/mol. The van der Waals surface area contributed by atoms with Crippen LogP contribution >= 0.6 is 24.0 Å². The molecule has 1 atom stereocenters. The highest BCUT2D eigenvalue weighted by molar-refractivity contribution is 14.0. The Hall–Kier alpha value is -1.26. The van der Waals surface area contributed by atoms with Gasteiger partial charge in [0.1, 0.15) is 11.5 Å². The fourth-order valence-corrected chi connectivity index (χ4v) is 3.81. The Bertz CT molecular complexity index is 626. The molecule has 7 nitrogen and oxygen atoms in total. The van der Waals surface area contributed by atoms with Crippen molar-refractivity contribution >= 4 is 29.9 Å². The zero-order valence-corrected chi connectivity index (χ0v) is 20.0. The Morgan fingerprint density at radius 3 is 2.79 bits per heavy atom. The third-order valence-electron chi connectivity index (χ3n) is 5.33. The second-order valence-electron chi connectivity index (χ2n) is 7.37. The SMILES string of the molecule is CN=C(NCCCOc1cccc(OC)c1)N1CCC(CN2CCOCC2)C1.I. The standard InChI is InChI=1S/C21H34N4O3.HI/c1-22-21(23-8-4-12-28-20-6-3-5-19(15-20)26-2)25-9-7-18(17-25)16-24-10-13-27-14-11-24;/h3,5-6,15,18H,4,7-14,16-17H2,1-2H3,(H,22,23);1H. The average molecular weight is 518 g/mol. The van der Waals surface area contributed by atoms with Gasteiger partial charge in [-0.15, -0.1) is 24.0 Å². The second-order valence-corrected chi connectivity index (χ2v) is 7.37. The number of ether oxygens (including phenoxy) is 3. The van der Waals surface area contributed by atoms with E-state index in [2.05, 4.69) is 20.1 Å². The molecule has 2 saturated heterocycles. The molecule has 2 fully saturated rings. The van der Waals surface area contributed by atoms with Crippen molar-refractivity contribution in [2.24, 2.45) is 10.9 Å². The van der Waals surface area contributed by atoms with Crippen LogP contribution in [0.15, 0.2) is 29.3 Å². The molecule has 1 N–H and O–H groups in total. The van der Waals surface area contributed by atoms with Crippen molar-refractivity contribution in [3.8, 4) is 11.5 Å². The molecule has 0 spiro atoms. The Labute approximate surface area is 191 Å². The largest absolute Gasteiger partial charge is 0.497 e. The summed E-state index contributed by atoms with van der Waals surface area (Å²) in [6.45, 7) is 8.72. The number of methoxy groups -OCH3 is 1. The van der Waals surface area contributed by atoms with Crippen LogP contribution in [-0.4, -0.2) is 89.0 Å². The lowest BCUT2D eigenvalue weighted by Gasteiger charge is -2.29. The maximum Gasteiger partial charge on any atom is 0.193 e. The van der Waals surface area contributed by atoms with Crippen molar-refractivity contribution in [2.45, 2.75) is 12.8 Å². The van der Waals surface area contributed by atoms with E-state index in [9.17, 15) is 0 Å². The average Bonchev–Trinajstić information content (AvgIpc) is 3.19. The number of guanidine groups is 1. The van der Waals surface area contributed by atoms with Gasteiger partial charge in [-0.25, -0.2) is 0 Å². The highest BCUT2D eigenvalue weighted by atomic mass is 127. The van der Waals surface area contributed by atoms with Gasteiger partial charge in [0.25, 0.3) is 0 Å². The third kappa shape index (κ3) is 7.82. The van der Waals surface area contributed by atoms with Crippen LogP contribution in [0, 0.1) is 5.92 Å². The topological polar surface area (TPSA) is 58.6 Å². The number of aliphatic imine (C=N–C) groups is 1. The number of likely N-dealkylation sites (tertiary alicyclic amines) is 1. The van der Waals surface area contributed by atoms with Crippen molar-refractivity contribution in [1.29, 1.82) is 0 Å². The normalized spacial score (nSPS) is 20.3. The lowest BCUT2D eigenvalue weighted by molar-refractivity contribution is 0.0315. The lowest BCUT2D eigenvalue weighted by Crippen LogP contribution is -2.42. The summed E-state index contributed by atoms with van der Waals surface area (Å²) in [6.07, 6.45) is 2.15. The molecule has 164 valence electrons. The van der Waals surface area contributed by atoms with Crippen LogP contribution in [0.3, 0.4) is 0 Å². The van der Waals surface area contributed by atoms with Gasteiger partial charge in [-0.3, -0.25) is 9.89 Å². The molecule has 29 heavy (non-hydrogen) atoms. The van der Waals surface area contributed by atoms with Gasteiger partial charge in [-0.05, 0) is 30.9 Å². The van der Waals surface area contributed by atoms with Crippen LogP contribution in [0.25, 0.3) is 0 Å². The van der Waals surface area contributed by atoms with Crippen molar-refractivity contribution < 1.29 is 14.2 Å². The quantitative estimate of drug-likeness (QED) is 0.247.